The molecule has 0 aliphatic rings. The van der Waals surface area contributed by atoms with Crippen LogP contribution in [0.4, 0.5) is 0 Å². The van der Waals surface area contributed by atoms with Crippen molar-refractivity contribution in [3.8, 4) is 0 Å². The fourth-order valence-electron chi connectivity index (χ4n) is 2.46. The van der Waals surface area contributed by atoms with E-state index in [1.807, 2.05) is 0 Å². The molecule has 0 radical (unpaired) electrons. The van der Waals surface area contributed by atoms with Crippen molar-refractivity contribution in [2.45, 2.75) is 53.4 Å². The van der Waals surface area contributed by atoms with Gasteiger partial charge in [0.2, 0.25) is 0 Å². The molecule has 2 heteroatoms. The summed E-state index contributed by atoms with van der Waals surface area (Å²) in [5.41, 5.74) is 3.00. The summed E-state index contributed by atoms with van der Waals surface area (Å²) >= 11 is 0. The van der Waals surface area contributed by atoms with E-state index in [0.29, 0.717) is 0 Å². The van der Waals surface area contributed by atoms with E-state index in [-0.39, 0.29) is 9.52 Å². The van der Waals surface area contributed by atoms with Gasteiger partial charge in [0.1, 0.15) is 0 Å². The van der Waals surface area contributed by atoms with Crippen LogP contribution in [0.3, 0.4) is 0 Å². The van der Waals surface area contributed by atoms with E-state index in [4.69, 9.17) is 0 Å². The third kappa shape index (κ3) is 5.92. The van der Waals surface area contributed by atoms with E-state index in [2.05, 4.69) is 50.8 Å². The molecular weight excluding hydrogens is 246 g/mol. The van der Waals surface area contributed by atoms with Crippen LogP contribution in [0.25, 0.3) is 0 Å². The van der Waals surface area contributed by atoms with E-state index in [1.165, 1.54) is 50.5 Å². The highest BCUT2D eigenvalue weighted by molar-refractivity contribution is 6.54. The van der Waals surface area contributed by atoms with Gasteiger partial charge in [-0.05, 0) is 57.1 Å². The zero-order valence-corrected chi connectivity index (χ0v) is 14.8. The highest BCUT2D eigenvalue weighted by Crippen LogP contribution is 2.03. The number of nitrogens with zero attached hydrogens (tertiary/aromatic N) is 1. The molecule has 0 saturated carbocycles. The van der Waals surface area contributed by atoms with Crippen LogP contribution in [0.5, 0.6) is 0 Å². The Morgan fingerprint density at radius 3 is 2.21 bits per heavy atom. The number of aryl methyl sites for hydroxylation is 1. The second kappa shape index (κ2) is 9.32. The maximum Gasteiger partial charge on any atom is 0.0707 e. The van der Waals surface area contributed by atoms with E-state index in [0.717, 1.165) is 0 Å². The minimum absolute atomic E-state index is 0.139. The third-order valence-corrected chi connectivity index (χ3v) is 6.23. The Labute approximate surface area is 122 Å². The van der Waals surface area contributed by atoms with Gasteiger partial charge in [-0.25, -0.2) is 0 Å². The Bertz CT molecular complexity index is 354. The van der Waals surface area contributed by atoms with E-state index in [1.54, 1.807) is 10.8 Å². The zero-order valence-electron chi connectivity index (χ0n) is 13.3. The van der Waals surface area contributed by atoms with Crippen LogP contribution in [0.1, 0.15) is 50.7 Å². The number of hydrogen-bond donors (Lipinski definition) is 0. The minimum atomic E-state index is -0.139. The van der Waals surface area contributed by atoms with Crippen LogP contribution >= 0.6 is 0 Å². The molecule has 0 aliphatic heterocycles. The molecule has 1 aromatic carbocycles. The first-order chi connectivity index (χ1) is 9.19. The van der Waals surface area contributed by atoms with Crippen molar-refractivity contribution >= 4 is 14.7 Å². The van der Waals surface area contributed by atoms with Crippen LogP contribution in [-0.2, 0) is 0 Å². The topological polar surface area (TPSA) is 3.24 Å². The van der Waals surface area contributed by atoms with Crippen molar-refractivity contribution < 1.29 is 0 Å². The van der Waals surface area contributed by atoms with Crippen molar-refractivity contribution in [1.29, 1.82) is 0 Å². The quantitative estimate of drug-likeness (QED) is 0.627. The van der Waals surface area contributed by atoms with Crippen LogP contribution in [0, 0.1) is 13.8 Å². The minimum Gasteiger partial charge on any atom is -0.306 e. The molecular formula is C17H31NSi. The first kappa shape index (κ1) is 16.5. The normalized spacial score (nSPS) is 11.8. The summed E-state index contributed by atoms with van der Waals surface area (Å²) in [6.07, 6.45) is 6.68. The van der Waals surface area contributed by atoms with Gasteiger partial charge in [0.05, 0.1) is 9.52 Å². The lowest BCUT2D eigenvalue weighted by atomic mass is 10.1. The number of hydrogen-bond acceptors (Lipinski definition) is 1. The monoisotopic (exact) mass is 277 g/mol. The van der Waals surface area contributed by atoms with Crippen LogP contribution < -0.4 is 5.19 Å². The Hall–Kier alpha value is -0.603. The lowest BCUT2D eigenvalue weighted by molar-refractivity contribution is 0.305. The van der Waals surface area contributed by atoms with Crippen molar-refractivity contribution in [2.75, 3.05) is 19.3 Å². The highest BCUT2D eigenvalue weighted by atomic mass is 28.2. The molecule has 0 aromatic heterocycles. The molecule has 0 unspecified atom stereocenters. The molecule has 0 spiro atoms. The van der Waals surface area contributed by atoms with Crippen molar-refractivity contribution in [2.24, 2.45) is 0 Å². The van der Waals surface area contributed by atoms with Gasteiger partial charge in [-0.3, -0.25) is 0 Å². The number of rotatable bonds is 9. The summed E-state index contributed by atoms with van der Waals surface area (Å²) in [6, 6.07) is 6.82. The predicted molar refractivity (Wildman–Crippen MR) is 90.4 cm³/mol. The highest BCUT2D eigenvalue weighted by Gasteiger charge is 2.07. The first-order valence-electron chi connectivity index (χ1n) is 7.96. The summed E-state index contributed by atoms with van der Waals surface area (Å²) in [7, 11) is -0.139. The Balaban J connectivity index is 2.51. The Kier molecular flexibility index (Phi) is 8.07. The molecule has 108 valence electrons. The molecule has 0 amide bonds. The molecule has 1 nitrogen and oxygen atoms in total. The predicted octanol–water partition coefficient (Wildman–Crippen LogP) is 2.96. The largest absolute Gasteiger partial charge is 0.306 e. The van der Waals surface area contributed by atoms with Crippen LogP contribution in [0.15, 0.2) is 18.2 Å². The van der Waals surface area contributed by atoms with Gasteiger partial charge in [-0.1, -0.05) is 50.1 Å². The summed E-state index contributed by atoms with van der Waals surface area (Å²) in [4.78, 5) is 2.71. The van der Waals surface area contributed by atoms with Crippen molar-refractivity contribution in [3.63, 3.8) is 0 Å². The average molecular weight is 278 g/mol. The van der Waals surface area contributed by atoms with E-state index < -0.39 is 0 Å². The fourth-order valence-corrected chi connectivity index (χ4v) is 4.42. The van der Waals surface area contributed by atoms with Gasteiger partial charge in [-0.2, -0.15) is 0 Å². The summed E-state index contributed by atoms with van der Waals surface area (Å²) < 4.78 is 0. The molecule has 0 aliphatic carbocycles. The standard InChI is InChI=1S/C17H31NSi/c1-5-7-12-18(13-8-6-2)14-19-17-11-9-10-15(3)16(17)4/h9-11H,5-8,12-14,19H2,1-4H3. The molecule has 1 rings (SSSR count). The molecule has 0 heterocycles. The lowest BCUT2D eigenvalue weighted by Gasteiger charge is -2.22. The zero-order chi connectivity index (χ0) is 14.1. The van der Waals surface area contributed by atoms with Crippen molar-refractivity contribution in [3.05, 3.63) is 29.3 Å². The Morgan fingerprint density at radius 2 is 1.63 bits per heavy atom. The maximum absolute atomic E-state index is 2.71. The summed E-state index contributed by atoms with van der Waals surface area (Å²) in [5, 5.41) is 1.66. The smallest absolute Gasteiger partial charge is 0.0707 e. The van der Waals surface area contributed by atoms with Gasteiger partial charge < -0.3 is 4.90 Å². The van der Waals surface area contributed by atoms with Gasteiger partial charge in [-0.15, -0.1) is 0 Å². The lowest BCUT2D eigenvalue weighted by Crippen LogP contribution is -2.35. The molecule has 0 atom stereocenters. The molecule has 0 bridgehead atoms. The van der Waals surface area contributed by atoms with Crippen LogP contribution in [0.2, 0.25) is 0 Å². The van der Waals surface area contributed by atoms with Crippen molar-refractivity contribution in [1.82, 2.24) is 4.90 Å². The SMILES string of the molecule is CCCCN(CCCC)C[SiH2]c1cccc(C)c1C. The molecule has 0 fully saturated rings. The summed E-state index contributed by atoms with van der Waals surface area (Å²) in [5.74, 6) is 0. The second-order valence-electron chi connectivity index (χ2n) is 5.66. The van der Waals surface area contributed by atoms with Gasteiger partial charge in [0.25, 0.3) is 0 Å². The average Bonchev–Trinajstić information content (AvgIpc) is 2.42. The first-order valence-corrected chi connectivity index (χ1v) is 9.67. The van der Waals surface area contributed by atoms with Gasteiger partial charge in [0.15, 0.2) is 0 Å². The Morgan fingerprint density at radius 1 is 1.00 bits per heavy atom. The molecule has 19 heavy (non-hydrogen) atoms. The van der Waals surface area contributed by atoms with E-state index in [9.17, 15) is 0 Å². The number of benzene rings is 1. The van der Waals surface area contributed by atoms with Gasteiger partial charge >= 0.3 is 0 Å². The second-order valence-corrected chi connectivity index (χ2v) is 7.37. The molecule has 1 aromatic rings. The fraction of sp³-hybridized carbons (Fsp3) is 0.647. The third-order valence-electron chi connectivity index (χ3n) is 4.07. The molecule has 0 saturated heterocycles. The summed E-state index contributed by atoms with van der Waals surface area (Å²) in [6.45, 7) is 11.7. The number of unbranched alkanes of at least 4 members (excludes halogenated alkanes) is 2. The van der Waals surface area contributed by atoms with Gasteiger partial charge in [0, 0.05) is 0 Å². The molecule has 0 N–H and O–H groups in total. The maximum atomic E-state index is 2.71. The van der Waals surface area contributed by atoms with Crippen LogP contribution in [-0.4, -0.2) is 33.7 Å². The van der Waals surface area contributed by atoms with E-state index >= 15 is 0 Å².